The predicted molar refractivity (Wildman–Crippen MR) is 187 cm³/mol. The number of carbonyl (C=O) groups excluding carboxylic acids is 5. The minimum Gasteiger partial charge on any atom is -0.444 e. The molecule has 0 unspecified atom stereocenters. The van der Waals surface area contributed by atoms with E-state index in [0.29, 0.717) is 58.4 Å². The van der Waals surface area contributed by atoms with Gasteiger partial charge in [0.1, 0.15) is 22.8 Å². The van der Waals surface area contributed by atoms with Gasteiger partial charge in [-0.2, -0.15) is 0 Å². The molecule has 0 aliphatic heterocycles. The molecule has 0 bridgehead atoms. The second-order valence-corrected chi connectivity index (χ2v) is 15.0. The Labute approximate surface area is 288 Å². The average molecular weight is 687 g/mol. The number of ether oxygens (including phenoxy) is 3. The van der Waals surface area contributed by atoms with Crippen LogP contribution in [0.25, 0.3) is 0 Å². The van der Waals surface area contributed by atoms with Crippen LogP contribution in [-0.2, 0) is 23.8 Å². The normalized spacial score (nSPS) is 13.0. The van der Waals surface area contributed by atoms with Crippen LogP contribution in [0, 0.1) is 5.92 Å². The molecular weight excluding hydrogens is 620 g/mol. The molecule has 0 heterocycles. The van der Waals surface area contributed by atoms with Gasteiger partial charge >= 0.3 is 18.3 Å². The summed E-state index contributed by atoms with van der Waals surface area (Å²) in [4.78, 5) is 61.1. The van der Waals surface area contributed by atoms with Gasteiger partial charge in [-0.15, -0.1) is 0 Å². The number of alkyl carbamates (subject to hydrolysis) is 3. The van der Waals surface area contributed by atoms with E-state index in [4.69, 9.17) is 14.2 Å². The average Bonchev–Trinajstić information content (AvgIpc) is 2.91. The molecule has 48 heavy (non-hydrogen) atoms. The molecule has 14 nitrogen and oxygen atoms in total. The van der Waals surface area contributed by atoms with Crippen LogP contribution >= 0.6 is 0 Å². The second-order valence-electron chi connectivity index (χ2n) is 15.0. The van der Waals surface area contributed by atoms with Gasteiger partial charge in [0.2, 0.25) is 11.8 Å². The third-order valence-electron chi connectivity index (χ3n) is 6.43. The zero-order chi connectivity index (χ0) is 36.8. The van der Waals surface area contributed by atoms with Gasteiger partial charge in [-0.05, 0) is 120 Å². The van der Waals surface area contributed by atoms with Crippen LogP contribution in [0.2, 0.25) is 0 Å². The number of hydrogen-bond acceptors (Lipinski definition) is 9. The first-order valence-electron chi connectivity index (χ1n) is 17.4. The van der Waals surface area contributed by atoms with E-state index in [2.05, 4.69) is 31.9 Å². The molecule has 14 heteroatoms. The van der Waals surface area contributed by atoms with E-state index in [9.17, 15) is 24.0 Å². The molecule has 0 fully saturated rings. The summed E-state index contributed by atoms with van der Waals surface area (Å²) in [6.45, 7) is 21.3. The van der Waals surface area contributed by atoms with Gasteiger partial charge in [-0.25, -0.2) is 14.4 Å². The number of nitrogens with one attached hydrogen (secondary N) is 6. The lowest BCUT2D eigenvalue weighted by Crippen LogP contribution is -2.48. The molecule has 0 rings (SSSR count). The van der Waals surface area contributed by atoms with Crippen molar-refractivity contribution < 1.29 is 38.2 Å². The smallest absolute Gasteiger partial charge is 0.408 e. The summed E-state index contributed by atoms with van der Waals surface area (Å²) >= 11 is 0. The third kappa shape index (κ3) is 27.8. The summed E-state index contributed by atoms with van der Waals surface area (Å²) in [5.74, 6) is -0.380. The summed E-state index contributed by atoms with van der Waals surface area (Å²) in [5.41, 5.74) is -1.80. The SMILES string of the molecule is C[C@@H](CCCCNC(=O)OC(C)(C)C)C(=O)NCCCNCCCNC(=O)[C@H](CCCCNC(=O)OC(C)(C)C)NC(=O)OC(C)(C)C. The standard InChI is InChI=1S/C34H66N6O8/c1-25(17-11-13-21-38-29(43)46-32(2,3)4)27(41)36-23-15-19-35-20-16-24-37-28(42)26(40-31(45)48-34(8,9)10)18-12-14-22-39-30(44)47-33(5,6)7/h25-26,35H,11-24H2,1-10H3,(H,36,41)(H,37,42)(H,38,43)(H,39,44)(H,40,45)/t25-,26-/m0/s1. The Balaban J connectivity index is 4.22. The molecule has 0 aliphatic rings. The molecule has 0 spiro atoms. The van der Waals surface area contributed by atoms with Crippen LogP contribution in [0.5, 0.6) is 0 Å². The molecule has 0 aromatic heterocycles. The van der Waals surface area contributed by atoms with Crippen molar-refractivity contribution in [2.24, 2.45) is 5.92 Å². The van der Waals surface area contributed by atoms with Gasteiger partial charge in [0.25, 0.3) is 0 Å². The lowest BCUT2D eigenvalue weighted by atomic mass is 10.0. The summed E-state index contributed by atoms with van der Waals surface area (Å²) < 4.78 is 15.8. The fourth-order valence-electron chi connectivity index (χ4n) is 4.18. The molecule has 0 radical (unpaired) electrons. The Bertz CT molecular complexity index is 972. The largest absolute Gasteiger partial charge is 0.444 e. The van der Waals surface area contributed by atoms with Crippen LogP contribution in [0.1, 0.15) is 121 Å². The van der Waals surface area contributed by atoms with Crippen molar-refractivity contribution in [1.29, 1.82) is 0 Å². The second kappa shape index (κ2) is 23.1. The molecule has 0 aromatic carbocycles. The van der Waals surface area contributed by atoms with Gasteiger partial charge < -0.3 is 46.1 Å². The van der Waals surface area contributed by atoms with Crippen molar-refractivity contribution in [2.75, 3.05) is 39.3 Å². The van der Waals surface area contributed by atoms with E-state index in [1.807, 2.05) is 27.7 Å². The lowest BCUT2D eigenvalue weighted by molar-refractivity contribution is -0.125. The Morgan fingerprint density at radius 1 is 0.479 bits per heavy atom. The van der Waals surface area contributed by atoms with Gasteiger partial charge in [-0.1, -0.05) is 13.3 Å². The summed E-state index contributed by atoms with van der Waals surface area (Å²) in [6.07, 6.45) is 3.81. The number of unbranched alkanes of at least 4 members (excludes halogenated alkanes) is 2. The quantitative estimate of drug-likeness (QED) is 0.0747. The van der Waals surface area contributed by atoms with Crippen LogP contribution in [-0.4, -0.2) is 92.2 Å². The molecule has 0 saturated carbocycles. The van der Waals surface area contributed by atoms with Crippen molar-refractivity contribution in [1.82, 2.24) is 31.9 Å². The van der Waals surface area contributed by atoms with E-state index in [1.165, 1.54) is 0 Å². The molecule has 5 amide bonds. The lowest BCUT2D eigenvalue weighted by Gasteiger charge is -2.23. The Morgan fingerprint density at radius 2 is 0.875 bits per heavy atom. The highest BCUT2D eigenvalue weighted by atomic mass is 16.6. The minimum atomic E-state index is -0.769. The molecule has 2 atom stereocenters. The number of hydrogen-bond donors (Lipinski definition) is 6. The van der Waals surface area contributed by atoms with Crippen molar-refractivity contribution in [3.8, 4) is 0 Å². The topological polar surface area (TPSA) is 185 Å². The highest BCUT2D eigenvalue weighted by Crippen LogP contribution is 2.11. The first kappa shape index (κ1) is 44.7. The Hall–Kier alpha value is -3.29. The first-order valence-corrected chi connectivity index (χ1v) is 17.4. The van der Waals surface area contributed by atoms with Crippen molar-refractivity contribution in [3.05, 3.63) is 0 Å². The summed E-state index contributed by atoms with van der Waals surface area (Å²) in [6, 6.07) is -0.769. The maximum atomic E-state index is 12.9. The monoisotopic (exact) mass is 686 g/mol. The number of amides is 5. The highest BCUT2D eigenvalue weighted by molar-refractivity contribution is 5.85. The third-order valence-corrected chi connectivity index (χ3v) is 6.43. The van der Waals surface area contributed by atoms with Gasteiger partial charge in [0.15, 0.2) is 0 Å². The van der Waals surface area contributed by atoms with Gasteiger partial charge in [0, 0.05) is 32.1 Å². The minimum absolute atomic E-state index is 0.0201. The van der Waals surface area contributed by atoms with E-state index in [0.717, 1.165) is 32.2 Å². The maximum Gasteiger partial charge on any atom is 0.408 e. The fraction of sp³-hybridized carbons (Fsp3) is 0.853. The summed E-state index contributed by atoms with van der Waals surface area (Å²) in [7, 11) is 0. The van der Waals surface area contributed by atoms with Crippen molar-refractivity contribution in [3.63, 3.8) is 0 Å². The Kier molecular flexibility index (Phi) is 21.5. The van der Waals surface area contributed by atoms with E-state index in [-0.39, 0.29) is 17.7 Å². The van der Waals surface area contributed by atoms with Gasteiger partial charge in [-0.3, -0.25) is 9.59 Å². The van der Waals surface area contributed by atoms with Crippen LogP contribution in [0.15, 0.2) is 0 Å². The van der Waals surface area contributed by atoms with E-state index in [1.54, 1.807) is 41.5 Å². The highest BCUT2D eigenvalue weighted by Gasteiger charge is 2.24. The predicted octanol–water partition coefficient (Wildman–Crippen LogP) is 4.51. The summed E-state index contributed by atoms with van der Waals surface area (Å²) in [5, 5.41) is 17.3. The van der Waals surface area contributed by atoms with Crippen LogP contribution in [0.3, 0.4) is 0 Å². The maximum absolute atomic E-state index is 12.9. The molecule has 0 aromatic rings. The number of rotatable bonds is 21. The first-order chi connectivity index (χ1) is 22.2. The van der Waals surface area contributed by atoms with Crippen LogP contribution < -0.4 is 31.9 Å². The van der Waals surface area contributed by atoms with E-state index >= 15 is 0 Å². The van der Waals surface area contributed by atoms with Gasteiger partial charge in [0.05, 0.1) is 0 Å². The molecule has 0 aliphatic carbocycles. The van der Waals surface area contributed by atoms with Crippen molar-refractivity contribution >= 4 is 30.1 Å². The van der Waals surface area contributed by atoms with Crippen molar-refractivity contribution in [2.45, 2.75) is 143 Å². The number of carbonyl (C=O) groups is 5. The molecule has 6 N–H and O–H groups in total. The zero-order valence-electron chi connectivity index (χ0n) is 31.3. The zero-order valence-corrected chi connectivity index (χ0v) is 31.3. The Morgan fingerprint density at radius 3 is 1.33 bits per heavy atom. The van der Waals surface area contributed by atoms with Crippen LogP contribution in [0.4, 0.5) is 14.4 Å². The molecular formula is C34H66N6O8. The van der Waals surface area contributed by atoms with E-state index < -0.39 is 41.1 Å². The fourth-order valence-corrected chi connectivity index (χ4v) is 4.18. The molecule has 280 valence electrons. The molecule has 0 saturated heterocycles.